The van der Waals surface area contributed by atoms with Crippen molar-refractivity contribution < 1.29 is 4.79 Å². The normalized spacial score (nSPS) is 9.73. The van der Waals surface area contributed by atoms with E-state index in [4.69, 9.17) is 0 Å². The molecule has 0 fully saturated rings. The average Bonchev–Trinajstić information content (AvgIpc) is 2.27. The number of aromatic nitrogens is 1. The highest BCUT2D eigenvalue weighted by molar-refractivity contribution is 5.93. The highest BCUT2D eigenvalue weighted by Gasteiger charge is 2.05. The molecule has 0 aliphatic heterocycles. The number of amides is 1. The van der Waals surface area contributed by atoms with Crippen LogP contribution in [0.15, 0.2) is 18.3 Å². The second kappa shape index (κ2) is 6.01. The molecule has 0 aromatic carbocycles. The number of hydrogen-bond acceptors (Lipinski definition) is 3. The van der Waals surface area contributed by atoms with E-state index in [0.29, 0.717) is 12.2 Å². The van der Waals surface area contributed by atoms with Crippen LogP contribution in [0.1, 0.15) is 26.2 Å². The third-order valence-electron chi connectivity index (χ3n) is 2.08. The third kappa shape index (κ3) is 3.58. The minimum atomic E-state index is 0.0429. The first-order valence-electron chi connectivity index (χ1n) is 5.20. The van der Waals surface area contributed by atoms with Gasteiger partial charge in [-0.3, -0.25) is 4.79 Å². The molecule has 1 rings (SSSR count). The molecule has 0 aliphatic rings. The molecule has 4 heteroatoms. The predicted octanol–water partition coefficient (Wildman–Crippen LogP) is 2.25. The smallest absolute Gasteiger partial charge is 0.224 e. The Morgan fingerprint density at radius 3 is 3.00 bits per heavy atom. The molecule has 15 heavy (non-hydrogen) atoms. The van der Waals surface area contributed by atoms with Gasteiger partial charge in [0.05, 0.1) is 5.69 Å². The summed E-state index contributed by atoms with van der Waals surface area (Å²) in [6.07, 6.45) is 4.20. The Bertz CT molecular complexity index is 325. The summed E-state index contributed by atoms with van der Waals surface area (Å²) in [5.74, 6) is 0.740. The second-order valence-corrected chi connectivity index (χ2v) is 3.30. The molecule has 82 valence electrons. The number of carbonyl (C=O) groups excluding carboxylic acids is 1. The fourth-order valence-electron chi connectivity index (χ4n) is 1.26. The summed E-state index contributed by atoms with van der Waals surface area (Å²) in [6, 6.07) is 3.64. The number of hydrogen-bond donors (Lipinski definition) is 2. The van der Waals surface area contributed by atoms with E-state index < -0.39 is 0 Å². The zero-order valence-electron chi connectivity index (χ0n) is 9.21. The summed E-state index contributed by atoms with van der Waals surface area (Å²) < 4.78 is 0. The molecule has 0 bridgehead atoms. The fraction of sp³-hybridized carbons (Fsp3) is 0.455. The van der Waals surface area contributed by atoms with Gasteiger partial charge in [0.1, 0.15) is 5.82 Å². The molecule has 1 aromatic rings. The van der Waals surface area contributed by atoms with Crippen molar-refractivity contribution in [2.45, 2.75) is 26.2 Å². The minimum absolute atomic E-state index is 0.0429. The first-order chi connectivity index (χ1) is 7.27. The van der Waals surface area contributed by atoms with Gasteiger partial charge in [-0.25, -0.2) is 4.98 Å². The highest BCUT2D eigenvalue weighted by Crippen LogP contribution is 2.17. The molecule has 0 unspecified atom stereocenters. The molecule has 0 spiro atoms. The summed E-state index contributed by atoms with van der Waals surface area (Å²) in [5, 5.41) is 5.76. The zero-order chi connectivity index (χ0) is 11.1. The largest absolute Gasteiger partial charge is 0.371 e. The van der Waals surface area contributed by atoms with Gasteiger partial charge in [-0.15, -0.1) is 0 Å². The van der Waals surface area contributed by atoms with Crippen LogP contribution in [0.4, 0.5) is 11.5 Å². The molecule has 0 atom stereocenters. The quantitative estimate of drug-likeness (QED) is 0.778. The van der Waals surface area contributed by atoms with E-state index in [1.165, 1.54) is 0 Å². The molecule has 2 N–H and O–H groups in total. The third-order valence-corrected chi connectivity index (χ3v) is 2.08. The SMILES string of the molecule is CCCCC(=O)Nc1cccnc1NC. The van der Waals surface area contributed by atoms with Gasteiger partial charge in [0.2, 0.25) is 5.91 Å². The Kier molecular flexibility index (Phi) is 4.60. The lowest BCUT2D eigenvalue weighted by Gasteiger charge is -2.08. The number of nitrogens with zero attached hydrogens (tertiary/aromatic N) is 1. The van der Waals surface area contributed by atoms with Gasteiger partial charge in [0, 0.05) is 19.7 Å². The monoisotopic (exact) mass is 207 g/mol. The first-order valence-corrected chi connectivity index (χ1v) is 5.20. The molecule has 1 amide bonds. The van der Waals surface area contributed by atoms with Gasteiger partial charge in [0.15, 0.2) is 0 Å². The maximum absolute atomic E-state index is 11.5. The number of anilines is 2. The lowest BCUT2D eigenvalue weighted by molar-refractivity contribution is -0.116. The Hall–Kier alpha value is -1.58. The maximum atomic E-state index is 11.5. The van der Waals surface area contributed by atoms with E-state index >= 15 is 0 Å². The summed E-state index contributed by atoms with van der Waals surface area (Å²) >= 11 is 0. The number of carbonyl (C=O) groups is 1. The van der Waals surface area contributed by atoms with Crippen LogP contribution in [0.3, 0.4) is 0 Å². The maximum Gasteiger partial charge on any atom is 0.224 e. The molecule has 0 aliphatic carbocycles. The van der Waals surface area contributed by atoms with Crippen molar-refractivity contribution in [2.24, 2.45) is 0 Å². The number of pyridine rings is 1. The molecule has 0 saturated heterocycles. The van der Waals surface area contributed by atoms with Gasteiger partial charge < -0.3 is 10.6 Å². The molecule has 0 saturated carbocycles. The van der Waals surface area contributed by atoms with Crippen LogP contribution in [0.25, 0.3) is 0 Å². The van der Waals surface area contributed by atoms with Crippen molar-refractivity contribution in [3.8, 4) is 0 Å². The molecular formula is C11H17N3O. The van der Waals surface area contributed by atoms with Crippen molar-refractivity contribution in [3.05, 3.63) is 18.3 Å². The second-order valence-electron chi connectivity index (χ2n) is 3.30. The molecule has 0 radical (unpaired) electrons. The molecule has 1 heterocycles. The van der Waals surface area contributed by atoms with Crippen LogP contribution in [0.5, 0.6) is 0 Å². The number of unbranched alkanes of at least 4 members (excludes halogenated alkanes) is 1. The lowest BCUT2D eigenvalue weighted by Crippen LogP contribution is -2.12. The van der Waals surface area contributed by atoms with E-state index in [1.54, 1.807) is 19.3 Å². The fourth-order valence-corrected chi connectivity index (χ4v) is 1.26. The number of nitrogens with one attached hydrogen (secondary N) is 2. The van der Waals surface area contributed by atoms with Crippen molar-refractivity contribution in [3.63, 3.8) is 0 Å². The van der Waals surface area contributed by atoms with Gasteiger partial charge >= 0.3 is 0 Å². The Morgan fingerprint density at radius 2 is 2.33 bits per heavy atom. The van der Waals surface area contributed by atoms with Crippen LogP contribution < -0.4 is 10.6 Å². The topological polar surface area (TPSA) is 54.0 Å². The van der Waals surface area contributed by atoms with E-state index in [2.05, 4.69) is 22.5 Å². The zero-order valence-corrected chi connectivity index (χ0v) is 9.21. The summed E-state index contributed by atoms with van der Waals surface area (Å²) in [7, 11) is 1.78. The standard InChI is InChI=1S/C11H17N3O/c1-3-4-7-10(15)14-9-6-5-8-13-11(9)12-2/h5-6,8H,3-4,7H2,1-2H3,(H,12,13)(H,14,15). The van der Waals surface area contributed by atoms with Crippen LogP contribution in [0.2, 0.25) is 0 Å². The summed E-state index contributed by atoms with van der Waals surface area (Å²) in [4.78, 5) is 15.6. The Morgan fingerprint density at radius 1 is 1.53 bits per heavy atom. The van der Waals surface area contributed by atoms with Gasteiger partial charge in [-0.05, 0) is 18.6 Å². The summed E-state index contributed by atoms with van der Waals surface area (Å²) in [5.41, 5.74) is 0.737. The molecule has 1 aromatic heterocycles. The van der Waals surface area contributed by atoms with E-state index in [9.17, 15) is 4.79 Å². The van der Waals surface area contributed by atoms with Crippen molar-refractivity contribution in [2.75, 3.05) is 17.7 Å². The average molecular weight is 207 g/mol. The van der Waals surface area contributed by atoms with Crippen LogP contribution >= 0.6 is 0 Å². The van der Waals surface area contributed by atoms with E-state index in [-0.39, 0.29) is 5.91 Å². The molecule has 4 nitrogen and oxygen atoms in total. The van der Waals surface area contributed by atoms with E-state index in [1.807, 2.05) is 6.07 Å². The molecular weight excluding hydrogens is 190 g/mol. The van der Waals surface area contributed by atoms with Crippen molar-refractivity contribution in [1.29, 1.82) is 0 Å². The summed E-state index contributed by atoms with van der Waals surface area (Å²) in [6.45, 7) is 2.07. The highest BCUT2D eigenvalue weighted by atomic mass is 16.1. The number of rotatable bonds is 5. The van der Waals surface area contributed by atoms with Crippen LogP contribution in [-0.4, -0.2) is 17.9 Å². The van der Waals surface area contributed by atoms with Gasteiger partial charge in [0.25, 0.3) is 0 Å². The van der Waals surface area contributed by atoms with Crippen molar-refractivity contribution >= 4 is 17.4 Å². The van der Waals surface area contributed by atoms with Gasteiger partial charge in [-0.1, -0.05) is 13.3 Å². The Labute approximate surface area is 90.1 Å². The minimum Gasteiger partial charge on any atom is -0.371 e. The predicted molar refractivity (Wildman–Crippen MR) is 61.9 cm³/mol. The van der Waals surface area contributed by atoms with E-state index in [0.717, 1.165) is 18.5 Å². The Balaban J connectivity index is 2.59. The van der Waals surface area contributed by atoms with Crippen LogP contribution in [0, 0.1) is 0 Å². The van der Waals surface area contributed by atoms with Gasteiger partial charge in [-0.2, -0.15) is 0 Å². The van der Waals surface area contributed by atoms with Crippen molar-refractivity contribution in [1.82, 2.24) is 4.98 Å². The lowest BCUT2D eigenvalue weighted by atomic mass is 10.2. The van der Waals surface area contributed by atoms with Crippen LogP contribution in [-0.2, 0) is 4.79 Å². The first kappa shape index (κ1) is 11.5.